The molecule has 5 fully saturated rings. The van der Waals surface area contributed by atoms with Crippen molar-refractivity contribution < 1.29 is 68.9 Å². The van der Waals surface area contributed by atoms with E-state index in [4.69, 9.17) is 39.3 Å². The number of anilines is 14. The van der Waals surface area contributed by atoms with E-state index in [1.54, 1.807) is 55.5 Å². The van der Waals surface area contributed by atoms with Crippen LogP contribution in [0.1, 0.15) is 243 Å². The molecule has 716 valence electrons. The number of hydrogen-bond donors (Lipinski definition) is 14. The van der Waals surface area contributed by atoms with Crippen LogP contribution in [0.25, 0.3) is 0 Å². The van der Waals surface area contributed by atoms with Gasteiger partial charge in [-0.15, -0.1) is 24.9 Å². The minimum absolute atomic E-state index is 0.0436. The number of rotatable bonds is 17. The van der Waals surface area contributed by atoms with Crippen molar-refractivity contribution in [2.45, 2.75) is 221 Å². The Balaban J connectivity index is 0.000000123. The summed E-state index contributed by atoms with van der Waals surface area (Å²) >= 11 is 7.93. The minimum Gasteiger partial charge on any atom is -0.491 e. The number of amides is 5. The van der Waals surface area contributed by atoms with Gasteiger partial charge in [0, 0.05) is 69.8 Å². The van der Waals surface area contributed by atoms with Crippen molar-refractivity contribution in [3.63, 3.8) is 0 Å². The number of aryl methyl sites for hydroxylation is 4. The Hall–Kier alpha value is -13.4. The van der Waals surface area contributed by atoms with Gasteiger partial charge >= 0.3 is 13.0 Å². The molecule has 10 aromatic rings. The Morgan fingerprint density at radius 3 is 1.18 bits per heavy atom. The first-order valence-electron chi connectivity index (χ1n) is 45.0. The molecule has 11 heterocycles. The lowest BCUT2D eigenvalue weighted by Crippen LogP contribution is -2.50. The number of nitrogens with zero attached hydrogens (tertiary/aromatic N) is 11. The molecule has 5 aromatic carbocycles. The van der Waals surface area contributed by atoms with Gasteiger partial charge in [0.2, 0.25) is 11.5 Å². The van der Waals surface area contributed by atoms with E-state index in [1.165, 1.54) is 49.9 Å². The maximum Gasteiger partial charge on any atom is 0.573 e. The van der Waals surface area contributed by atoms with E-state index >= 15 is 0 Å². The van der Waals surface area contributed by atoms with Crippen molar-refractivity contribution in [3.8, 4) is 17.2 Å². The molecule has 5 spiro atoms. The highest BCUT2D eigenvalue weighted by atomic mass is 35.5. The lowest BCUT2D eigenvalue weighted by atomic mass is 9.77. The van der Waals surface area contributed by atoms with E-state index in [-0.39, 0.29) is 75.9 Å². The Kier molecular flexibility index (Phi) is 27.8. The third-order valence-corrected chi connectivity index (χ3v) is 28.0. The number of alkyl halides is 7. The van der Waals surface area contributed by atoms with Crippen LogP contribution < -0.4 is 90.3 Å². The average Bonchev–Trinajstić information content (AvgIpc) is 1.61. The van der Waals surface area contributed by atoms with E-state index in [1.807, 2.05) is 57.4 Å². The lowest BCUT2D eigenvalue weighted by Gasteiger charge is -2.39. The summed E-state index contributed by atoms with van der Waals surface area (Å²) in [5.41, 5.74) is 36.3. The molecule has 20 rings (SSSR count). The van der Waals surface area contributed by atoms with Crippen LogP contribution in [0.2, 0.25) is 5.02 Å². The van der Waals surface area contributed by atoms with Gasteiger partial charge in [-0.1, -0.05) is 88.7 Å². The molecule has 4 aliphatic carbocycles. The van der Waals surface area contributed by atoms with E-state index in [0.29, 0.717) is 99.4 Å². The zero-order valence-corrected chi connectivity index (χ0v) is 77.1. The van der Waals surface area contributed by atoms with Crippen molar-refractivity contribution in [2.75, 3.05) is 82.5 Å². The van der Waals surface area contributed by atoms with Crippen LogP contribution in [0.15, 0.2) is 109 Å². The van der Waals surface area contributed by atoms with Gasteiger partial charge in [-0.3, -0.25) is 28.9 Å². The summed E-state index contributed by atoms with van der Waals surface area (Å²) in [6, 6.07) is 20.5. The SMILES string of the molecule is COc1cncnc1Nc1cc(C)c2c(c1)C1(CCN(CC(F)F)CC1)NC2=O.CSc1c(N)ncnc1Nc1cc(C)c2c(c1)C1(CCCCC1)NC2=O.Cc1cc(Nc2ncnc(N)c2OC(F)(F)F)cc2c1C(=O)NC21CCCCC1.Cc1cc(Nc2ncnc(N)c2OC(F)F)cc2c1C(=O)NC21CCCCC1.Nc1cc(Nc2cc(Cl)c3c(c2)C2(CCCCC2)NC3=O)ncn1. The Bertz CT molecular complexity index is 6250. The molecule has 0 atom stereocenters. The van der Waals surface area contributed by atoms with Gasteiger partial charge in [0.05, 0.1) is 63.0 Å². The molecule has 0 radical (unpaired) electrons. The third-order valence-electron chi connectivity index (χ3n) is 26.9. The standard InChI is InChI=1S/C20H23F2N5O2.C19H20F3N5O2.C19H21F2N5O2.C19H23N5OS.C17H18ClN5O/c1-12-7-13(25-18-15(29-2)9-23-11-24-18)8-14-17(12)19(28)26-20(14)3-5-27(6-4-20)10-16(21)22;1-10-7-11(26-16-14(29-19(20,21)22)15(23)24-9-25-16)8-12-13(10)17(28)27-18(12)5-3-2-4-6-18;1-10-7-11(25-16-14(28-18(20)21)15(22)23-9-24-16)8-12-13(10)17(27)26-19(12)5-3-2-4-6-19;1-11-8-12(23-17-15(26-2)16(20)21-10-22-17)9-13-14(11)18(25)24-19(13)6-4-3-5-7-19;18-12-7-10(22-14-8-13(19)20-9-21-14)6-11-15(12)16(24)23-17(11)4-2-1-3-5-17/h7-9,11,16H,3-6,10H2,1-2H3,(H,26,28)(H,23,24,25);7-9H,2-6H2,1H3,(H,27,28)(H3,23,24,25,26);7-9,18H,2-6H2,1H3,(H,26,27)(H3,22,23,24,25);8-10H,3-7H2,1-2H3,(H,24,25)(H3,20,21,22,23);6-9H,1-5H2,(H,23,24)(H3,19,20,21,22). The zero-order chi connectivity index (χ0) is 96.3. The fourth-order valence-corrected chi connectivity index (χ4v) is 21.7. The first-order valence-corrected chi connectivity index (χ1v) is 46.6. The fourth-order valence-electron chi connectivity index (χ4n) is 20.8. The number of fused-ring (bicyclic) bond motifs is 10. The molecule has 42 heteroatoms. The summed E-state index contributed by atoms with van der Waals surface area (Å²) < 4.78 is 103. The molecule has 5 aromatic heterocycles. The Labute approximate surface area is 788 Å². The van der Waals surface area contributed by atoms with E-state index < -0.39 is 42.0 Å². The number of methoxy groups -OCH3 is 1. The summed E-state index contributed by atoms with van der Waals surface area (Å²) in [5.74, 6) is 1.10. The van der Waals surface area contributed by atoms with Crippen molar-refractivity contribution in [2.24, 2.45) is 0 Å². The van der Waals surface area contributed by atoms with Crippen LogP contribution in [0.3, 0.4) is 0 Å². The van der Waals surface area contributed by atoms with Crippen LogP contribution in [0.5, 0.6) is 17.2 Å². The summed E-state index contributed by atoms with van der Waals surface area (Å²) in [4.78, 5) is 105. The number of likely N-dealkylation sites (tertiary alicyclic amines) is 1. The largest absolute Gasteiger partial charge is 0.573 e. The number of thioether (sulfide) groups is 1. The first-order chi connectivity index (χ1) is 65.1. The molecular weight excluding hydrogens is 1810 g/mol. The minimum atomic E-state index is -4.94. The number of carbonyl (C=O) groups excluding carboxylic acids is 5. The van der Waals surface area contributed by atoms with Crippen LogP contribution >= 0.6 is 23.4 Å². The molecule has 136 heavy (non-hydrogen) atoms. The van der Waals surface area contributed by atoms with E-state index in [2.05, 4.69) is 119 Å². The number of nitrogens with two attached hydrogens (primary N) is 4. The second-order valence-electron chi connectivity index (χ2n) is 35.7. The smallest absolute Gasteiger partial charge is 0.491 e. The topological polar surface area (TPSA) is 470 Å². The second-order valence-corrected chi connectivity index (χ2v) is 36.9. The van der Waals surface area contributed by atoms with Crippen LogP contribution in [0, 0.1) is 27.7 Å². The number of nitrogens with one attached hydrogen (secondary N) is 10. The highest BCUT2D eigenvalue weighted by Crippen LogP contribution is 2.52. The molecule has 18 N–H and O–H groups in total. The Morgan fingerprint density at radius 2 is 0.787 bits per heavy atom. The predicted octanol–water partition coefficient (Wildman–Crippen LogP) is 17.5. The van der Waals surface area contributed by atoms with Gasteiger partial charge in [0.15, 0.2) is 34.8 Å². The molecular formula is C94H105ClF7N25O8S. The molecule has 1 saturated heterocycles. The first kappa shape index (κ1) is 95.7. The number of carbonyl (C=O) groups is 5. The number of nitrogen functional groups attached to an aromatic ring is 4. The molecule has 4 saturated carbocycles. The summed E-state index contributed by atoms with van der Waals surface area (Å²) in [6.07, 6.45) is 24.6. The third kappa shape index (κ3) is 20.0. The van der Waals surface area contributed by atoms with Gasteiger partial charge in [0.25, 0.3) is 36.0 Å². The maximum absolute atomic E-state index is 12.8. The Morgan fingerprint density at radius 1 is 0.434 bits per heavy atom. The number of hydrogen-bond acceptors (Lipinski definition) is 29. The van der Waals surface area contributed by atoms with Crippen molar-refractivity contribution in [3.05, 3.63) is 187 Å². The second kappa shape index (κ2) is 39.5. The molecule has 0 unspecified atom stereocenters. The van der Waals surface area contributed by atoms with E-state index in [9.17, 15) is 54.7 Å². The molecule has 5 amide bonds. The maximum atomic E-state index is 12.8. The predicted molar refractivity (Wildman–Crippen MR) is 502 cm³/mol. The van der Waals surface area contributed by atoms with Gasteiger partial charge in [-0.2, -0.15) is 8.78 Å². The van der Waals surface area contributed by atoms with Crippen molar-refractivity contribution in [1.29, 1.82) is 0 Å². The summed E-state index contributed by atoms with van der Waals surface area (Å²) in [6.45, 7) is 5.29. The zero-order valence-electron chi connectivity index (χ0n) is 75.6. The summed E-state index contributed by atoms with van der Waals surface area (Å²) in [7, 11) is 1.54. The average molecular weight is 1910 g/mol. The highest BCUT2D eigenvalue weighted by molar-refractivity contribution is 7.99. The normalized spacial score (nSPS) is 17.9. The van der Waals surface area contributed by atoms with Crippen LogP contribution in [-0.2, 0) is 27.7 Å². The molecule has 6 aliphatic heterocycles. The number of aromatic nitrogens is 10. The van der Waals surface area contributed by atoms with Crippen LogP contribution in [-0.4, -0.2) is 137 Å². The fraction of sp³-hybridized carbons (Fsp3) is 0.415. The molecule has 0 bridgehead atoms. The number of piperidine rings is 1. The number of benzene rings is 5. The molecule has 33 nitrogen and oxygen atoms in total. The van der Waals surface area contributed by atoms with Gasteiger partial charge in [0.1, 0.15) is 54.9 Å². The monoisotopic (exact) mass is 1910 g/mol. The highest BCUT2D eigenvalue weighted by Gasteiger charge is 2.51. The number of halogens is 8. The van der Waals surface area contributed by atoms with Crippen molar-refractivity contribution >= 4 is 134 Å². The van der Waals surface area contributed by atoms with Gasteiger partial charge in [-0.05, 0) is 209 Å². The van der Waals surface area contributed by atoms with E-state index in [0.717, 1.165) is 199 Å². The summed E-state index contributed by atoms with van der Waals surface area (Å²) in [5, 5.41) is 32.0. The van der Waals surface area contributed by atoms with Gasteiger partial charge < -0.3 is 90.3 Å². The number of ether oxygens (including phenoxy) is 3. The van der Waals surface area contributed by atoms with Crippen molar-refractivity contribution in [1.82, 2.24) is 81.3 Å². The quantitative estimate of drug-likeness (QED) is 0.0297. The van der Waals surface area contributed by atoms with Crippen LogP contribution in [0.4, 0.5) is 112 Å². The molecule has 10 aliphatic rings. The van der Waals surface area contributed by atoms with Gasteiger partial charge in [-0.25, -0.2) is 58.6 Å². The lowest BCUT2D eigenvalue weighted by molar-refractivity contribution is -0.274.